The highest BCUT2D eigenvalue weighted by molar-refractivity contribution is 6.31. The highest BCUT2D eigenvalue weighted by Gasteiger charge is 2.62. The second kappa shape index (κ2) is 8.91. The second-order valence-electron chi connectivity index (χ2n) is 9.98. The maximum absolute atomic E-state index is 13.1. The van der Waals surface area contributed by atoms with Gasteiger partial charge in [-0.3, -0.25) is 4.79 Å². The summed E-state index contributed by atoms with van der Waals surface area (Å²) in [7, 11) is 0. The number of aryl methyl sites for hydroxylation is 1. The lowest BCUT2D eigenvalue weighted by molar-refractivity contribution is 0.0951. The maximum atomic E-state index is 13.1. The van der Waals surface area contributed by atoms with Gasteiger partial charge in [0.15, 0.2) is 0 Å². The Kier molecular flexibility index (Phi) is 5.94. The first kappa shape index (κ1) is 22.7. The summed E-state index contributed by atoms with van der Waals surface area (Å²) < 4.78 is 0. The van der Waals surface area contributed by atoms with E-state index in [1.54, 1.807) is 6.20 Å². The van der Waals surface area contributed by atoms with E-state index in [1.807, 2.05) is 55.5 Å². The summed E-state index contributed by atoms with van der Waals surface area (Å²) in [6.45, 7) is 9.52. The van der Waals surface area contributed by atoms with E-state index in [-0.39, 0.29) is 5.91 Å². The Morgan fingerprint density at radius 2 is 1.82 bits per heavy atom. The molecule has 176 valence electrons. The fraction of sp³-hybridized carbons (Fsp3) is 0.370. The summed E-state index contributed by atoms with van der Waals surface area (Å²) in [6, 6.07) is 15.8. The van der Waals surface area contributed by atoms with Crippen molar-refractivity contribution in [3.05, 3.63) is 82.0 Å². The number of hydrogen-bond donors (Lipinski definition) is 2. The first-order chi connectivity index (χ1) is 16.3. The fourth-order valence-corrected chi connectivity index (χ4v) is 5.13. The first-order valence-electron chi connectivity index (χ1n) is 11.8. The van der Waals surface area contributed by atoms with E-state index in [2.05, 4.69) is 34.4 Å². The average molecular weight is 476 g/mol. The molecule has 2 N–H and O–H groups in total. The van der Waals surface area contributed by atoms with Crippen molar-refractivity contribution in [2.45, 2.75) is 33.9 Å². The fourth-order valence-electron chi connectivity index (χ4n) is 4.93. The molecule has 3 aromatic rings. The van der Waals surface area contributed by atoms with E-state index in [0.29, 0.717) is 47.7 Å². The molecule has 1 aliphatic carbocycles. The van der Waals surface area contributed by atoms with Crippen molar-refractivity contribution in [2.24, 2.45) is 17.3 Å². The minimum atomic E-state index is -0.203. The van der Waals surface area contributed by atoms with Crippen LogP contribution < -0.4 is 15.5 Å². The predicted octanol–water partition coefficient (Wildman–Crippen LogP) is 5.07. The van der Waals surface area contributed by atoms with Crippen LogP contribution in [0.5, 0.6) is 0 Å². The topological polar surface area (TPSA) is 70.2 Å². The van der Waals surface area contributed by atoms with Crippen LogP contribution in [0.15, 0.2) is 54.7 Å². The molecule has 0 bridgehead atoms. The minimum Gasteiger partial charge on any atom is -0.365 e. The third kappa shape index (κ3) is 4.47. The Labute approximate surface area is 205 Å². The Balaban J connectivity index is 1.35. The van der Waals surface area contributed by atoms with Gasteiger partial charge in [-0.15, -0.1) is 0 Å². The maximum Gasteiger partial charge on any atom is 0.256 e. The van der Waals surface area contributed by atoms with Crippen LogP contribution in [0.3, 0.4) is 0 Å². The Bertz CT molecular complexity index is 1200. The quantitative estimate of drug-likeness (QED) is 0.499. The SMILES string of the molecule is Cc1ccc(CNc2nc(N3CC4C(C3)C4(C)C)ncc2C(=O)NCc2ccccc2)cc1Cl. The van der Waals surface area contributed by atoms with Crippen LogP contribution in [-0.2, 0) is 13.1 Å². The molecule has 1 aliphatic heterocycles. The third-order valence-corrected chi connectivity index (χ3v) is 7.82. The van der Waals surface area contributed by atoms with Crippen LogP contribution in [0.4, 0.5) is 11.8 Å². The largest absolute Gasteiger partial charge is 0.365 e. The predicted molar refractivity (Wildman–Crippen MR) is 136 cm³/mol. The van der Waals surface area contributed by atoms with Crippen LogP contribution in [0.1, 0.15) is 40.9 Å². The lowest BCUT2D eigenvalue weighted by atomic mass is 10.1. The van der Waals surface area contributed by atoms with Crippen LogP contribution in [0.2, 0.25) is 5.02 Å². The number of aromatic nitrogens is 2. The monoisotopic (exact) mass is 475 g/mol. The second-order valence-corrected chi connectivity index (χ2v) is 10.4. The Morgan fingerprint density at radius 1 is 1.09 bits per heavy atom. The van der Waals surface area contributed by atoms with E-state index in [9.17, 15) is 4.79 Å². The lowest BCUT2D eigenvalue weighted by Gasteiger charge is -2.23. The number of benzene rings is 2. The molecular weight excluding hydrogens is 446 g/mol. The number of anilines is 2. The van der Waals surface area contributed by atoms with Gasteiger partial charge < -0.3 is 15.5 Å². The van der Waals surface area contributed by atoms with E-state index in [4.69, 9.17) is 16.6 Å². The van der Waals surface area contributed by atoms with Gasteiger partial charge in [-0.2, -0.15) is 4.98 Å². The van der Waals surface area contributed by atoms with Gasteiger partial charge in [0.05, 0.1) is 0 Å². The average Bonchev–Trinajstić information content (AvgIpc) is 3.16. The van der Waals surface area contributed by atoms with Crippen molar-refractivity contribution in [2.75, 3.05) is 23.3 Å². The van der Waals surface area contributed by atoms with Crippen molar-refractivity contribution in [3.63, 3.8) is 0 Å². The van der Waals surface area contributed by atoms with E-state index >= 15 is 0 Å². The molecule has 2 atom stereocenters. The first-order valence-corrected chi connectivity index (χ1v) is 12.1. The van der Waals surface area contributed by atoms with Gasteiger partial charge in [0, 0.05) is 37.4 Å². The van der Waals surface area contributed by atoms with Gasteiger partial charge in [-0.25, -0.2) is 4.98 Å². The number of halogens is 1. The van der Waals surface area contributed by atoms with Crippen molar-refractivity contribution in [3.8, 4) is 0 Å². The van der Waals surface area contributed by atoms with Gasteiger partial charge in [0.25, 0.3) is 5.91 Å². The summed E-state index contributed by atoms with van der Waals surface area (Å²) in [6.07, 6.45) is 1.64. The van der Waals surface area contributed by atoms with Crippen molar-refractivity contribution in [1.29, 1.82) is 0 Å². The van der Waals surface area contributed by atoms with Crippen LogP contribution >= 0.6 is 11.6 Å². The summed E-state index contributed by atoms with van der Waals surface area (Å²) in [5.74, 6) is 2.39. The molecule has 7 heteroatoms. The number of carbonyl (C=O) groups is 1. The smallest absolute Gasteiger partial charge is 0.256 e. The van der Waals surface area contributed by atoms with Gasteiger partial charge in [-0.1, -0.05) is 67.9 Å². The number of nitrogens with one attached hydrogen (secondary N) is 2. The molecule has 34 heavy (non-hydrogen) atoms. The number of fused-ring (bicyclic) bond motifs is 1. The molecule has 1 saturated heterocycles. The number of piperidine rings is 1. The molecule has 2 heterocycles. The molecule has 5 rings (SSSR count). The molecule has 0 spiro atoms. The third-order valence-electron chi connectivity index (χ3n) is 7.42. The lowest BCUT2D eigenvalue weighted by Crippen LogP contribution is -2.29. The summed E-state index contributed by atoms with van der Waals surface area (Å²) in [5.41, 5.74) is 3.94. The number of nitrogens with zero attached hydrogens (tertiary/aromatic N) is 3. The zero-order chi connectivity index (χ0) is 23.9. The van der Waals surface area contributed by atoms with E-state index in [0.717, 1.165) is 34.8 Å². The van der Waals surface area contributed by atoms with Crippen molar-refractivity contribution < 1.29 is 4.79 Å². The van der Waals surface area contributed by atoms with Crippen molar-refractivity contribution in [1.82, 2.24) is 15.3 Å². The molecule has 1 amide bonds. The molecule has 6 nitrogen and oxygen atoms in total. The van der Waals surface area contributed by atoms with Crippen LogP contribution in [-0.4, -0.2) is 29.0 Å². The van der Waals surface area contributed by atoms with Crippen LogP contribution in [0, 0.1) is 24.2 Å². The number of carbonyl (C=O) groups excluding carboxylic acids is 1. The van der Waals surface area contributed by atoms with Gasteiger partial charge in [0.2, 0.25) is 5.95 Å². The Hall–Kier alpha value is -3.12. The van der Waals surface area contributed by atoms with E-state index in [1.165, 1.54) is 0 Å². The molecule has 1 saturated carbocycles. The number of hydrogen-bond acceptors (Lipinski definition) is 5. The van der Waals surface area contributed by atoms with Crippen LogP contribution in [0.25, 0.3) is 0 Å². The van der Waals surface area contributed by atoms with Gasteiger partial charge in [-0.05, 0) is 46.9 Å². The van der Waals surface area contributed by atoms with E-state index < -0.39 is 0 Å². The molecule has 2 fully saturated rings. The molecule has 1 aromatic heterocycles. The Morgan fingerprint density at radius 3 is 2.53 bits per heavy atom. The molecule has 2 aliphatic rings. The summed E-state index contributed by atoms with van der Waals surface area (Å²) in [4.78, 5) is 24.7. The normalized spacial score (nSPS) is 20.1. The number of rotatable bonds is 7. The minimum absolute atomic E-state index is 0.203. The number of amides is 1. The van der Waals surface area contributed by atoms with Gasteiger partial charge >= 0.3 is 0 Å². The highest BCUT2D eigenvalue weighted by Crippen LogP contribution is 2.62. The summed E-state index contributed by atoms with van der Waals surface area (Å²) in [5, 5.41) is 7.08. The highest BCUT2D eigenvalue weighted by atomic mass is 35.5. The molecule has 2 unspecified atom stereocenters. The van der Waals surface area contributed by atoms with Crippen molar-refractivity contribution >= 4 is 29.3 Å². The molecular formula is C27H30ClN5O. The standard InChI is InChI=1S/C27H30ClN5O/c1-17-9-10-19(11-23(17)28)13-29-24-20(25(34)30-12-18-7-5-4-6-8-18)14-31-26(32-24)33-15-21-22(16-33)27(21,2)3/h4-11,14,21-22H,12-13,15-16H2,1-3H3,(H,30,34)(H,29,31,32). The molecule has 2 aromatic carbocycles. The van der Waals surface area contributed by atoms with Gasteiger partial charge in [0.1, 0.15) is 11.4 Å². The molecule has 0 radical (unpaired) electrons. The zero-order valence-corrected chi connectivity index (χ0v) is 20.6. The summed E-state index contributed by atoms with van der Waals surface area (Å²) >= 11 is 6.30. The zero-order valence-electron chi connectivity index (χ0n) is 19.8.